The molecule has 1 aromatic carbocycles. The second-order valence-corrected chi connectivity index (χ2v) is 6.44. The molecule has 3 N–H and O–H groups in total. The summed E-state index contributed by atoms with van der Waals surface area (Å²) in [4.78, 5) is 4.04. The van der Waals surface area contributed by atoms with Gasteiger partial charge in [-0.25, -0.2) is 8.42 Å². The summed E-state index contributed by atoms with van der Waals surface area (Å²) in [5.74, 6) is 5.44. The zero-order valence-corrected chi connectivity index (χ0v) is 10.8. The van der Waals surface area contributed by atoms with Gasteiger partial charge in [-0.2, -0.15) is 0 Å². The van der Waals surface area contributed by atoms with Gasteiger partial charge in [0, 0.05) is 24.0 Å². The van der Waals surface area contributed by atoms with Crippen molar-refractivity contribution in [2.24, 2.45) is 5.84 Å². The van der Waals surface area contributed by atoms with E-state index in [0.29, 0.717) is 0 Å². The van der Waals surface area contributed by atoms with Gasteiger partial charge in [-0.15, -0.1) is 0 Å². The lowest BCUT2D eigenvalue weighted by Crippen LogP contribution is -2.33. The van der Waals surface area contributed by atoms with Crippen molar-refractivity contribution in [1.82, 2.24) is 10.4 Å². The molecule has 5 nitrogen and oxygen atoms in total. The van der Waals surface area contributed by atoms with E-state index in [0.717, 1.165) is 16.3 Å². The van der Waals surface area contributed by atoms with Crippen molar-refractivity contribution in [2.75, 3.05) is 12.0 Å². The van der Waals surface area contributed by atoms with Crippen molar-refractivity contribution in [2.45, 2.75) is 6.04 Å². The molecular formula is C12H15N3O2S. The lowest BCUT2D eigenvalue weighted by Gasteiger charge is -2.17. The van der Waals surface area contributed by atoms with E-state index in [9.17, 15) is 8.42 Å². The Morgan fingerprint density at radius 1 is 1.39 bits per heavy atom. The van der Waals surface area contributed by atoms with Crippen LogP contribution in [0.5, 0.6) is 0 Å². The summed E-state index contributed by atoms with van der Waals surface area (Å²) in [5.41, 5.74) is 3.43. The molecule has 96 valence electrons. The SMILES string of the molecule is CS(=O)(=O)CC(NN)c1cccc2cnccc12. The molecule has 1 unspecified atom stereocenters. The number of rotatable bonds is 4. The molecule has 0 aliphatic carbocycles. The van der Waals surface area contributed by atoms with Crippen LogP contribution in [0.15, 0.2) is 36.7 Å². The first-order valence-corrected chi connectivity index (χ1v) is 7.54. The molecule has 6 heteroatoms. The molecule has 1 atom stereocenters. The van der Waals surface area contributed by atoms with Crippen molar-refractivity contribution in [3.8, 4) is 0 Å². The molecule has 0 amide bonds. The average Bonchev–Trinajstić information content (AvgIpc) is 2.34. The third kappa shape index (κ3) is 2.84. The molecule has 18 heavy (non-hydrogen) atoms. The van der Waals surface area contributed by atoms with Crippen LogP contribution < -0.4 is 11.3 Å². The van der Waals surface area contributed by atoms with Gasteiger partial charge in [0.15, 0.2) is 0 Å². The van der Waals surface area contributed by atoms with Crippen molar-refractivity contribution in [1.29, 1.82) is 0 Å². The number of benzene rings is 1. The first-order valence-electron chi connectivity index (χ1n) is 5.48. The van der Waals surface area contributed by atoms with Gasteiger partial charge >= 0.3 is 0 Å². The molecule has 0 fully saturated rings. The topological polar surface area (TPSA) is 85.1 Å². The van der Waals surface area contributed by atoms with Gasteiger partial charge in [-0.1, -0.05) is 18.2 Å². The highest BCUT2D eigenvalue weighted by molar-refractivity contribution is 7.90. The third-order valence-corrected chi connectivity index (χ3v) is 3.70. The highest BCUT2D eigenvalue weighted by Gasteiger charge is 2.17. The van der Waals surface area contributed by atoms with Crippen LogP contribution >= 0.6 is 0 Å². The summed E-state index contributed by atoms with van der Waals surface area (Å²) in [6, 6.07) is 7.10. The fourth-order valence-corrected chi connectivity index (χ4v) is 2.86. The summed E-state index contributed by atoms with van der Waals surface area (Å²) in [6.45, 7) is 0. The van der Waals surface area contributed by atoms with Crippen LogP contribution in [0.2, 0.25) is 0 Å². The monoisotopic (exact) mass is 265 g/mol. The molecular weight excluding hydrogens is 250 g/mol. The zero-order valence-electron chi connectivity index (χ0n) is 10.00. The Morgan fingerprint density at radius 2 is 2.17 bits per heavy atom. The number of pyridine rings is 1. The normalized spacial score (nSPS) is 13.7. The number of hydrogen-bond donors (Lipinski definition) is 2. The van der Waals surface area contributed by atoms with E-state index in [-0.39, 0.29) is 5.75 Å². The minimum absolute atomic E-state index is 0.0368. The van der Waals surface area contributed by atoms with Crippen molar-refractivity contribution >= 4 is 20.6 Å². The molecule has 0 aliphatic heterocycles. The smallest absolute Gasteiger partial charge is 0.149 e. The third-order valence-electron chi connectivity index (χ3n) is 2.76. The summed E-state index contributed by atoms with van der Waals surface area (Å²) < 4.78 is 22.8. The highest BCUT2D eigenvalue weighted by Crippen LogP contribution is 2.24. The summed E-state index contributed by atoms with van der Waals surface area (Å²) in [5, 5.41) is 1.92. The second-order valence-electron chi connectivity index (χ2n) is 4.26. The number of aromatic nitrogens is 1. The van der Waals surface area contributed by atoms with Gasteiger partial charge in [0.05, 0.1) is 11.8 Å². The quantitative estimate of drug-likeness (QED) is 0.630. The molecule has 0 aliphatic rings. The average molecular weight is 265 g/mol. The Morgan fingerprint density at radius 3 is 2.83 bits per heavy atom. The standard InChI is InChI=1S/C12H15N3O2S/c1-18(16,17)8-12(15-13)11-4-2-3-9-7-14-6-5-10(9)11/h2-7,12,15H,8,13H2,1H3. The predicted octanol–water partition coefficient (Wildman–Crippen LogP) is 0.784. The molecule has 2 rings (SSSR count). The van der Waals surface area contributed by atoms with E-state index in [2.05, 4.69) is 10.4 Å². The predicted molar refractivity (Wildman–Crippen MR) is 71.5 cm³/mol. The van der Waals surface area contributed by atoms with Crippen LogP contribution in [0, 0.1) is 0 Å². The molecule has 1 heterocycles. The number of sulfone groups is 1. The van der Waals surface area contributed by atoms with Gasteiger partial charge in [0.25, 0.3) is 0 Å². The van der Waals surface area contributed by atoms with Gasteiger partial charge in [-0.05, 0) is 17.0 Å². The fraction of sp³-hybridized carbons (Fsp3) is 0.250. The van der Waals surface area contributed by atoms with Gasteiger partial charge in [0.1, 0.15) is 9.84 Å². The molecule has 0 saturated heterocycles. The van der Waals surface area contributed by atoms with E-state index in [1.54, 1.807) is 12.4 Å². The second kappa shape index (κ2) is 5.01. The molecule has 0 radical (unpaired) electrons. The van der Waals surface area contributed by atoms with E-state index in [1.165, 1.54) is 6.26 Å². The number of hydrazine groups is 1. The Labute approximate surface area is 106 Å². The molecule has 1 aromatic heterocycles. The Balaban J connectivity index is 2.51. The van der Waals surface area contributed by atoms with Crippen molar-refractivity contribution in [3.63, 3.8) is 0 Å². The minimum atomic E-state index is -3.11. The molecule has 2 aromatic rings. The number of hydrogen-bond acceptors (Lipinski definition) is 5. The molecule has 0 spiro atoms. The fourth-order valence-electron chi connectivity index (χ4n) is 1.98. The zero-order chi connectivity index (χ0) is 13.2. The van der Waals surface area contributed by atoms with Gasteiger partial charge in [0.2, 0.25) is 0 Å². The Hall–Kier alpha value is -1.50. The van der Waals surface area contributed by atoms with Crippen LogP contribution in [0.25, 0.3) is 10.8 Å². The number of nitrogens with one attached hydrogen (secondary N) is 1. The van der Waals surface area contributed by atoms with Crippen molar-refractivity contribution < 1.29 is 8.42 Å². The van der Waals surface area contributed by atoms with E-state index in [4.69, 9.17) is 5.84 Å². The van der Waals surface area contributed by atoms with Gasteiger partial charge in [-0.3, -0.25) is 16.3 Å². The number of fused-ring (bicyclic) bond motifs is 1. The van der Waals surface area contributed by atoms with Crippen LogP contribution in [0.1, 0.15) is 11.6 Å². The lowest BCUT2D eigenvalue weighted by atomic mass is 10.0. The minimum Gasteiger partial charge on any atom is -0.271 e. The van der Waals surface area contributed by atoms with E-state index < -0.39 is 15.9 Å². The summed E-state index contributed by atoms with van der Waals surface area (Å²) >= 11 is 0. The van der Waals surface area contributed by atoms with Crippen LogP contribution in [0.4, 0.5) is 0 Å². The molecule has 0 saturated carbocycles. The maximum Gasteiger partial charge on any atom is 0.149 e. The van der Waals surface area contributed by atoms with Crippen LogP contribution in [-0.4, -0.2) is 25.4 Å². The summed E-state index contributed by atoms with van der Waals surface area (Å²) in [7, 11) is -3.11. The van der Waals surface area contributed by atoms with E-state index in [1.807, 2.05) is 24.3 Å². The Bertz CT molecular complexity index is 650. The number of nitrogens with zero attached hydrogens (tertiary/aromatic N) is 1. The van der Waals surface area contributed by atoms with Crippen molar-refractivity contribution in [3.05, 3.63) is 42.2 Å². The van der Waals surface area contributed by atoms with Crippen LogP contribution in [-0.2, 0) is 9.84 Å². The lowest BCUT2D eigenvalue weighted by molar-refractivity contribution is 0.566. The maximum absolute atomic E-state index is 11.4. The number of nitrogens with two attached hydrogens (primary N) is 1. The summed E-state index contributed by atoms with van der Waals surface area (Å²) in [6.07, 6.45) is 4.62. The largest absolute Gasteiger partial charge is 0.271 e. The first-order chi connectivity index (χ1) is 8.51. The first kappa shape index (κ1) is 12.9. The molecule has 0 bridgehead atoms. The maximum atomic E-state index is 11.4. The van der Waals surface area contributed by atoms with Crippen LogP contribution in [0.3, 0.4) is 0 Å². The Kier molecular flexibility index (Phi) is 3.60. The highest BCUT2D eigenvalue weighted by atomic mass is 32.2. The van der Waals surface area contributed by atoms with E-state index >= 15 is 0 Å². The van der Waals surface area contributed by atoms with Gasteiger partial charge < -0.3 is 0 Å².